The van der Waals surface area contributed by atoms with Gasteiger partial charge in [0.05, 0.1) is 18.3 Å². The Balaban J connectivity index is 1.60. The van der Waals surface area contributed by atoms with Gasteiger partial charge in [0.25, 0.3) is 0 Å². The van der Waals surface area contributed by atoms with Gasteiger partial charge in [-0.2, -0.15) is 4.98 Å². The van der Waals surface area contributed by atoms with Crippen LogP contribution in [0.1, 0.15) is 18.6 Å². The summed E-state index contributed by atoms with van der Waals surface area (Å²) < 4.78 is 5.39. The highest BCUT2D eigenvalue weighted by Crippen LogP contribution is 2.26. The highest BCUT2D eigenvalue weighted by atomic mass is 16.3. The summed E-state index contributed by atoms with van der Waals surface area (Å²) in [6.45, 7) is 2.00. The van der Waals surface area contributed by atoms with Gasteiger partial charge in [-0.1, -0.05) is 12.1 Å². The summed E-state index contributed by atoms with van der Waals surface area (Å²) in [5.74, 6) is 2.03. The van der Waals surface area contributed by atoms with Crippen LogP contribution in [0, 0.1) is 5.92 Å². The molecule has 0 aliphatic carbocycles. The first-order valence-electron chi connectivity index (χ1n) is 8.78. The topological polar surface area (TPSA) is 97.3 Å². The minimum absolute atomic E-state index is 0.0525. The fourth-order valence-electron chi connectivity index (χ4n) is 3.29. The van der Waals surface area contributed by atoms with E-state index < -0.39 is 0 Å². The van der Waals surface area contributed by atoms with Gasteiger partial charge in [0.1, 0.15) is 11.6 Å². The summed E-state index contributed by atoms with van der Waals surface area (Å²) in [5, 5.41) is 4.32. The van der Waals surface area contributed by atoms with Crippen molar-refractivity contribution in [2.24, 2.45) is 11.7 Å². The molecular formula is C19H21N5O2. The normalized spacial score (nSPS) is 15.3. The van der Waals surface area contributed by atoms with Crippen molar-refractivity contribution < 1.29 is 9.21 Å². The van der Waals surface area contributed by atoms with Crippen molar-refractivity contribution in [1.82, 2.24) is 9.97 Å². The van der Waals surface area contributed by atoms with Gasteiger partial charge < -0.3 is 20.4 Å². The first-order chi connectivity index (χ1) is 12.7. The fraction of sp³-hybridized carbons (Fsp3) is 0.316. The number of fused-ring (bicyclic) bond motifs is 1. The van der Waals surface area contributed by atoms with Crippen LogP contribution in [0.25, 0.3) is 10.9 Å². The Bertz CT molecular complexity index is 901. The summed E-state index contributed by atoms with van der Waals surface area (Å²) >= 11 is 0. The molecule has 3 N–H and O–H groups in total. The number of rotatable bonds is 5. The molecule has 0 saturated carbocycles. The number of aromatic nitrogens is 2. The summed E-state index contributed by atoms with van der Waals surface area (Å²) in [6, 6.07) is 11.7. The van der Waals surface area contributed by atoms with Gasteiger partial charge in [0.15, 0.2) is 0 Å². The third-order valence-corrected chi connectivity index (χ3v) is 4.78. The number of nitrogens with two attached hydrogens (primary N) is 1. The molecule has 0 radical (unpaired) electrons. The third kappa shape index (κ3) is 3.33. The quantitative estimate of drug-likeness (QED) is 0.733. The second-order valence-electron chi connectivity index (χ2n) is 6.49. The summed E-state index contributed by atoms with van der Waals surface area (Å²) in [4.78, 5) is 22.9. The maximum absolute atomic E-state index is 11.4. The number of nitrogens with zero attached hydrogens (tertiary/aromatic N) is 3. The molecule has 0 atom stereocenters. The van der Waals surface area contributed by atoms with E-state index in [-0.39, 0.29) is 11.8 Å². The largest absolute Gasteiger partial charge is 0.467 e. The highest BCUT2D eigenvalue weighted by Gasteiger charge is 2.25. The fourth-order valence-corrected chi connectivity index (χ4v) is 3.29. The predicted molar refractivity (Wildman–Crippen MR) is 99.7 cm³/mol. The first-order valence-corrected chi connectivity index (χ1v) is 8.78. The van der Waals surface area contributed by atoms with Crippen molar-refractivity contribution in [1.29, 1.82) is 0 Å². The highest BCUT2D eigenvalue weighted by molar-refractivity contribution is 5.90. The average molecular weight is 351 g/mol. The maximum Gasteiger partial charge on any atom is 0.227 e. The lowest BCUT2D eigenvalue weighted by Crippen LogP contribution is -2.39. The minimum atomic E-state index is -0.218. The number of carbonyl (C=O) groups excluding carboxylic acids is 1. The molecule has 1 aliphatic rings. The van der Waals surface area contributed by atoms with Gasteiger partial charge in [0.2, 0.25) is 11.9 Å². The Hall–Kier alpha value is -3.09. The summed E-state index contributed by atoms with van der Waals surface area (Å²) in [7, 11) is 0. The Kier molecular flexibility index (Phi) is 4.43. The number of benzene rings is 1. The van der Waals surface area contributed by atoms with Crippen LogP contribution >= 0.6 is 0 Å². The van der Waals surface area contributed by atoms with Crippen molar-refractivity contribution >= 4 is 28.6 Å². The molecule has 0 bridgehead atoms. The summed E-state index contributed by atoms with van der Waals surface area (Å²) in [6.07, 6.45) is 3.13. The lowest BCUT2D eigenvalue weighted by atomic mass is 9.96. The molecule has 1 fully saturated rings. The van der Waals surface area contributed by atoms with Crippen molar-refractivity contribution in [3.8, 4) is 0 Å². The number of hydrogen-bond donors (Lipinski definition) is 2. The molecule has 3 aromatic rings. The molecule has 0 unspecified atom stereocenters. The van der Waals surface area contributed by atoms with E-state index in [9.17, 15) is 4.79 Å². The Morgan fingerprint density at radius 3 is 2.73 bits per heavy atom. The van der Waals surface area contributed by atoms with Crippen molar-refractivity contribution in [3.05, 3.63) is 48.4 Å². The number of hydrogen-bond acceptors (Lipinski definition) is 6. The van der Waals surface area contributed by atoms with E-state index in [4.69, 9.17) is 20.1 Å². The predicted octanol–water partition coefficient (Wildman–Crippen LogP) is 2.54. The van der Waals surface area contributed by atoms with Crippen molar-refractivity contribution in [2.45, 2.75) is 19.4 Å². The monoisotopic (exact) mass is 351 g/mol. The molecule has 26 heavy (non-hydrogen) atoms. The number of para-hydroxylation sites is 1. The van der Waals surface area contributed by atoms with E-state index in [2.05, 4.69) is 10.2 Å². The SMILES string of the molecule is NC(=O)C1CCN(c2nc(NCc3ccco3)c3ccccc3n2)CC1. The lowest BCUT2D eigenvalue weighted by Gasteiger charge is -2.30. The Morgan fingerprint density at radius 1 is 1.19 bits per heavy atom. The molecule has 0 spiro atoms. The second-order valence-corrected chi connectivity index (χ2v) is 6.49. The molecule has 4 rings (SSSR count). The van der Waals surface area contributed by atoms with Gasteiger partial charge in [0, 0.05) is 24.4 Å². The van der Waals surface area contributed by atoms with Crippen LogP contribution < -0.4 is 16.0 Å². The Morgan fingerprint density at radius 2 is 2.00 bits per heavy atom. The average Bonchev–Trinajstić information content (AvgIpc) is 3.19. The minimum Gasteiger partial charge on any atom is -0.467 e. The Labute approximate surface area is 151 Å². The molecule has 134 valence electrons. The molecule has 1 aliphatic heterocycles. The molecule has 1 amide bonds. The van der Waals surface area contributed by atoms with Crippen LogP contribution in [-0.2, 0) is 11.3 Å². The molecule has 2 aromatic heterocycles. The van der Waals surface area contributed by atoms with Crippen LogP contribution in [0.15, 0.2) is 47.1 Å². The zero-order valence-corrected chi connectivity index (χ0v) is 14.4. The van der Waals surface area contributed by atoms with Gasteiger partial charge in [-0.15, -0.1) is 0 Å². The number of anilines is 2. The van der Waals surface area contributed by atoms with Crippen LogP contribution in [0.2, 0.25) is 0 Å². The molecule has 1 aromatic carbocycles. The molecule has 1 saturated heterocycles. The third-order valence-electron chi connectivity index (χ3n) is 4.78. The van der Waals surface area contributed by atoms with Gasteiger partial charge in [-0.05, 0) is 37.1 Å². The van der Waals surface area contributed by atoms with Crippen LogP contribution in [0.5, 0.6) is 0 Å². The van der Waals surface area contributed by atoms with E-state index in [0.717, 1.165) is 48.4 Å². The van der Waals surface area contributed by atoms with Gasteiger partial charge in [-0.3, -0.25) is 4.79 Å². The number of carbonyl (C=O) groups is 1. The molecule has 3 heterocycles. The summed E-state index contributed by atoms with van der Waals surface area (Å²) in [5.41, 5.74) is 6.31. The standard InChI is InChI=1S/C19H21N5O2/c20-17(25)13-7-9-24(10-8-13)19-22-16-6-2-1-5-15(16)18(23-19)21-12-14-4-3-11-26-14/h1-6,11,13H,7-10,12H2,(H2,20,25)(H,21,22,23). The number of furan rings is 1. The molecular weight excluding hydrogens is 330 g/mol. The van der Waals surface area contributed by atoms with E-state index in [1.807, 2.05) is 36.4 Å². The zero-order chi connectivity index (χ0) is 17.9. The second kappa shape index (κ2) is 7.03. The van der Waals surface area contributed by atoms with Crippen LogP contribution in [0.3, 0.4) is 0 Å². The number of primary amides is 1. The van der Waals surface area contributed by atoms with Gasteiger partial charge >= 0.3 is 0 Å². The maximum atomic E-state index is 11.4. The lowest BCUT2D eigenvalue weighted by molar-refractivity contribution is -0.122. The first kappa shape index (κ1) is 16.4. The number of nitrogens with one attached hydrogen (secondary N) is 1. The molecule has 7 heteroatoms. The smallest absolute Gasteiger partial charge is 0.227 e. The molecule has 7 nitrogen and oxygen atoms in total. The van der Waals surface area contributed by atoms with Crippen molar-refractivity contribution in [3.63, 3.8) is 0 Å². The van der Waals surface area contributed by atoms with Crippen molar-refractivity contribution in [2.75, 3.05) is 23.3 Å². The number of amides is 1. The van der Waals surface area contributed by atoms with Crippen LogP contribution in [-0.4, -0.2) is 29.0 Å². The number of piperidine rings is 1. The zero-order valence-electron chi connectivity index (χ0n) is 14.4. The van der Waals surface area contributed by atoms with Gasteiger partial charge in [-0.25, -0.2) is 4.98 Å². The van der Waals surface area contributed by atoms with E-state index >= 15 is 0 Å². The van der Waals surface area contributed by atoms with Crippen LogP contribution in [0.4, 0.5) is 11.8 Å². The van der Waals surface area contributed by atoms with E-state index in [1.54, 1.807) is 6.26 Å². The van der Waals surface area contributed by atoms with E-state index in [0.29, 0.717) is 12.5 Å². The van der Waals surface area contributed by atoms with E-state index in [1.165, 1.54) is 0 Å².